The third-order valence-electron chi connectivity index (χ3n) is 2.70. The lowest BCUT2D eigenvalue weighted by molar-refractivity contribution is -0.384. The highest BCUT2D eigenvalue weighted by Gasteiger charge is 2.20. The van der Waals surface area contributed by atoms with Gasteiger partial charge in [0.1, 0.15) is 4.88 Å². The van der Waals surface area contributed by atoms with E-state index < -0.39 is 4.92 Å². The maximum Gasteiger partial charge on any atom is 0.299 e. The fraction of sp³-hybridized carbons (Fsp3) is 0.545. The summed E-state index contributed by atoms with van der Waals surface area (Å²) < 4.78 is 0.0268. The highest BCUT2D eigenvalue weighted by Crippen LogP contribution is 2.33. The number of likely N-dealkylation sites (N-methyl/N-ethyl adjacent to an activating group) is 1. The summed E-state index contributed by atoms with van der Waals surface area (Å²) in [6.07, 6.45) is 0. The molecule has 0 spiro atoms. The van der Waals surface area contributed by atoms with Crippen LogP contribution in [0.5, 0.6) is 0 Å². The van der Waals surface area contributed by atoms with E-state index in [4.69, 9.17) is 11.6 Å². The Bertz CT molecular complexity index is 460. The van der Waals surface area contributed by atoms with Crippen molar-refractivity contribution in [2.24, 2.45) is 0 Å². The number of rotatable bonds is 7. The molecule has 6 nitrogen and oxygen atoms in total. The Labute approximate surface area is 120 Å². The van der Waals surface area contributed by atoms with Crippen molar-refractivity contribution in [2.45, 2.75) is 13.8 Å². The molecule has 0 aliphatic heterocycles. The summed E-state index contributed by atoms with van der Waals surface area (Å²) in [5.74, 6) is -0.327. The van der Waals surface area contributed by atoms with E-state index in [9.17, 15) is 14.9 Å². The third kappa shape index (κ3) is 4.45. The smallest absolute Gasteiger partial charge is 0.299 e. The minimum absolute atomic E-state index is 0.0268. The molecule has 8 heteroatoms. The van der Waals surface area contributed by atoms with Gasteiger partial charge in [-0.2, -0.15) is 0 Å². The van der Waals surface area contributed by atoms with Gasteiger partial charge < -0.3 is 10.2 Å². The fourth-order valence-corrected chi connectivity index (χ4v) is 2.69. The molecule has 1 N–H and O–H groups in total. The van der Waals surface area contributed by atoms with Crippen LogP contribution in [0.15, 0.2) is 6.07 Å². The van der Waals surface area contributed by atoms with Crippen LogP contribution in [0.2, 0.25) is 4.34 Å². The normalized spacial score (nSPS) is 10.7. The predicted molar refractivity (Wildman–Crippen MR) is 76.1 cm³/mol. The van der Waals surface area contributed by atoms with E-state index in [1.807, 2.05) is 13.8 Å². The SMILES string of the molecule is CCN(CC)CCNC(=O)c1cc([N+](=O)[O-])c(Cl)s1. The number of nitrogens with one attached hydrogen (secondary N) is 1. The third-order valence-corrected chi connectivity index (χ3v) is 4.03. The molecule has 1 heterocycles. The molecule has 0 unspecified atom stereocenters. The van der Waals surface area contributed by atoms with Gasteiger partial charge in [0.2, 0.25) is 0 Å². The first kappa shape index (κ1) is 15.9. The van der Waals surface area contributed by atoms with Gasteiger partial charge in [0, 0.05) is 19.2 Å². The summed E-state index contributed by atoms with van der Waals surface area (Å²) in [4.78, 5) is 24.3. The van der Waals surface area contributed by atoms with Gasteiger partial charge >= 0.3 is 0 Å². The van der Waals surface area contributed by atoms with Gasteiger partial charge in [-0.3, -0.25) is 14.9 Å². The summed E-state index contributed by atoms with van der Waals surface area (Å²) in [6.45, 7) is 7.19. The zero-order valence-corrected chi connectivity index (χ0v) is 12.4. The van der Waals surface area contributed by atoms with Gasteiger partial charge in [0.15, 0.2) is 4.34 Å². The lowest BCUT2D eigenvalue weighted by Gasteiger charge is -2.17. The summed E-state index contributed by atoms with van der Waals surface area (Å²) in [5, 5.41) is 13.4. The van der Waals surface area contributed by atoms with E-state index in [1.54, 1.807) is 0 Å². The van der Waals surface area contributed by atoms with Crippen LogP contribution in [0.25, 0.3) is 0 Å². The number of nitro groups is 1. The van der Waals surface area contributed by atoms with Crippen LogP contribution >= 0.6 is 22.9 Å². The number of nitrogens with zero attached hydrogens (tertiary/aromatic N) is 2. The summed E-state index contributed by atoms with van der Waals surface area (Å²) in [7, 11) is 0. The second-order valence-electron chi connectivity index (χ2n) is 3.81. The number of hydrogen-bond donors (Lipinski definition) is 1. The van der Waals surface area contributed by atoms with Crippen molar-refractivity contribution in [3.05, 3.63) is 25.4 Å². The van der Waals surface area contributed by atoms with Gasteiger partial charge in [-0.25, -0.2) is 0 Å². The quantitative estimate of drug-likeness (QED) is 0.620. The van der Waals surface area contributed by atoms with Gasteiger partial charge in [-0.15, -0.1) is 11.3 Å². The first-order valence-electron chi connectivity index (χ1n) is 5.93. The van der Waals surface area contributed by atoms with Crippen LogP contribution in [0.4, 0.5) is 5.69 Å². The average molecular weight is 306 g/mol. The van der Waals surface area contributed by atoms with E-state index in [1.165, 1.54) is 6.07 Å². The number of carbonyl (C=O) groups excluding carboxylic acids is 1. The number of thiophene rings is 1. The van der Waals surface area contributed by atoms with Gasteiger partial charge in [-0.1, -0.05) is 25.4 Å². The molecule has 0 bridgehead atoms. The van der Waals surface area contributed by atoms with E-state index in [-0.39, 0.29) is 20.8 Å². The minimum Gasteiger partial charge on any atom is -0.350 e. The van der Waals surface area contributed by atoms with Crippen molar-refractivity contribution in [2.75, 3.05) is 26.2 Å². The summed E-state index contributed by atoms with van der Waals surface area (Å²) >= 11 is 6.62. The Kier molecular flexibility index (Phi) is 6.20. The summed E-state index contributed by atoms with van der Waals surface area (Å²) in [5.41, 5.74) is -0.222. The first-order chi connectivity index (χ1) is 8.99. The van der Waals surface area contributed by atoms with E-state index in [2.05, 4.69) is 10.2 Å². The van der Waals surface area contributed by atoms with Crippen molar-refractivity contribution in [3.8, 4) is 0 Å². The first-order valence-corrected chi connectivity index (χ1v) is 7.13. The summed E-state index contributed by atoms with van der Waals surface area (Å²) in [6, 6.07) is 1.21. The molecule has 0 aromatic carbocycles. The van der Waals surface area contributed by atoms with Crippen molar-refractivity contribution >= 4 is 34.5 Å². The second kappa shape index (κ2) is 7.42. The Balaban J connectivity index is 2.54. The zero-order chi connectivity index (χ0) is 14.4. The molecule has 0 radical (unpaired) electrons. The predicted octanol–water partition coefficient (Wildman–Crippen LogP) is 2.38. The highest BCUT2D eigenvalue weighted by atomic mass is 35.5. The fourth-order valence-electron chi connectivity index (χ4n) is 1.55. The van der Waals surface area contributed by atoms with E-state index in [0.717, 1.165) is 31.0 Å². The van der Waals surface area contributed by atoms with Gasteiger partial charge in [-0.05, 0) is 13.1 Å². The average Bonchev–Trinajstić information content (AvgIpc) is 2.77. The largest absolute Gasteiger partial charge is 0.350 e. The highest BCUT2D eigenvalue weighted by molar-refractivity contribution is 7.18. The van der Waals surface area contributed by atoms with Crippen molar-refractivity contribution < 1.29 is 9.72 Å². The molecule has 1 aromatic heterocycles. The van der Waals surface area contributed by atoms with Crippen molar-refractivity contribution in [1.29, 1.82) is 0 Å². The van der Waals surface area contributed by atoms with Crippen LogP contribution in [0.1, 0.15) is 23.5 Å². The van der Waals surface area contributed by atoms with Crippen LogP contribution < -0.4 is 5.32 Å². The molecule has 1 aromatic rings. The molecule has 1 rings (SSSR count). The van der Waals surface area contributed by atoms with E-state index in [0.29, 0.717) is 6.54 Å². The second-order valence-corrected chi connectivity index (χ2v) is 5.46. The Hall–Kier alpha value is -1.18. The molecule has 0 aliphatic rings. The van der Waals surface area contributed by atoms with Crippen molar-refractivity contribution in [1.82, 2.24) is 10.2 Å². The molecular weight excluding hydrogens is 290 g/mol. The monoisotopic (exact) mass is 305 g/mol. The lowest BCUT2D eigenvalue weighted by atomic mass is 10.4. The number of carbonyl (C=O) groups is 1. The van der Waals surface area contributed by atoms with Gasteiger partial charge in [0.25, 0.3) is 11.6 Å². The Morgan fingerprint density at radius 3 is 2.63 bits per heavy atom. The molecule has 0 aliphatic carbocycles. The Morgan fingerprint density at radius 1 is 1.53 bits per heavy atom. The maximum absolute atomic E-state index is 11.8. The molecule has 1 amide bonds. The van der Waals surface area contributed by atoms with Crippen LogP contribution in [0, 0.1) is 10.1 Å². The van der Waals surface area contributed by atoms with Crippen LogP contribution in [-0.4, -0.2) is 41.9 Å². The Morgan fingerprint density at radius 2 is 2.16 bits per heavy atom. The van der Waals surface area contributed by atoms with Crippen molar-refractivity contribution in [3.63, 3.8) is 0 Å². The molecule has 0 saturated heterocycles. The molecular formula is C11H16ClN3O3S. The van der Waals surface area contributed by atoms with Crippen LogP contribution in [-0.2, 0) is 0 Å². The van der Waals surface area contributed by atoms with E-state index >= 15 is 0 Å². The maximum atomic E-state index is 11.8. The van der Waals surface area contributed by atoms with Crippen LogP contribution in [0.3, 0.4) is 0 Å². The molecule has 0 saturated carbocycles. The topological polar surface area (TPSA) is 75.5 Å². The molecule has 106 valence electrons. The molecule has 0 atom stereocenters. The minimum atomic E-state index is -0.592. The molecule has 19 heavy (non-hydrogen) atoms. The lowest BCUT2D eigenvalue weighted by Crippen LogP contribution is -2.34. The zero-order valence-electron chi connectivity index (χ0n) is 10.8. The number of hydrogen-bond acceptors (Lipinski definition) is 5. The van der Waals surface area contributed by atoms with Gasteiger partial charge in [0.05, 0.1) is 4.92 Å². The number of halogens is 1. The number of amides is 1. The molecule has 0 fully saturated rings. The standard InChI is InChI=1S/C11H16ClN3O3S/c1-3-14(4-2)6-5-13-11(16)9-7-8(15(17)18)10(12)19-9/h7H,3-6H2,1-2H3,(H,13,16).